The fourth-order valence-electron chi connectivity index (χ4n) is 2.23. The van der Waals surface area contributed by atoms with Crippen LogP contribution in [-0.2, 0) is 4.74 Å². The van der Waals surface area contributed by atoms with Crippen molar-refractivity contribution in [2.45, 2.75) is 12.5 Å². The van der Waals surface area contributed by atoms with Crippen LogP contribution in [0.3, 0.4) is 0 Å². The zero-order valence-corrected chi connectivity index (χ0v) is 12.4. The molecule has 1 aliphatic rings. The molecule has 1 aliphatic heterocycles. The van der Waals surface area contributed by atoms with Gasteiger partial charge in [-0.2, -0.15) is 0 Å². The summed E-state index contributed by atoms with van der Waals surface area (Å²) in [6, 6.07) is 6.97. The second kappa shape index (κ2) is 4.31. The molecule has 16 heavy (non-hydrogen) atoms. The number of halogens is 2. The lowest BCUT2D eigenvalue weighted by atomic mass is 10.2. The van der Waals surface area contributed by atoms with Crippen LogP contribution in [-0.4, -0.2) is 17.8 Å². The third-order valence-electron chi connectivity index (χ3n) is 3.05. The van der Waals surface area contributed by atoms with E-state index in [1.165, 1.54) is 14.5 Å². The van der Waals surface area contributed by atoms with Crippen molar-refractivity contribution in [1.82, 2.24) is 4.57 Å². The van der Waals surface area contributed by atoms with Gasteiger partial charge in [-0.25, -0.2) is 0 Å². The number of fused-ring (bicyclic) bond motifs is 1. The van der Waals surface area contributed by atoms with Crippen LogP contribution in [0.1, 0.15) is 12.5 Å². The van der Waals surface area contributed by atoms with Gasteiger partial charge in [-0.3, -0.25) is 0 Å². The van der Waals surface area contributed by atoms with Crippen LogP contribution in [0.4, 0.5) is 0 Å². The summed E-state index contributed by atoms with van der Waals surface area (Å²) in [5.41, 5.74) is 1.31. The Morgan fingerprint density at radius 2 is 2.31 bits per heavy atom. The summed E-state index contributed by atoms with van der Waals surface area (Å²) in [7, 11) is 0. The summed E-state index contributed by atoms with van der Waals surface area (Å²) in [6.45, 7) is 1.73. The molecule has 1 fully saturated rings. The van der Waals surface area contributed by atoms with Gasteiger partial charge in [-0.1, -0.05) is 15.9 Å². The normalized spacial score (nSPS) is 20.8. The quantitative estimate of drug-likeness (QED) is 0.671. The molecule has 3 rings (SSSR count). The molecular formula is C12H11BrINO. The van der Waals surface area contributed by atoms with Crippen molar-refractivity contribution in [3.8, 4) is 0 Å². The van der Waals surface area contributed by atoms with E-state index in [0.717, 1.165) is 24.1 Å². The van der Waals surface area contributed by atoms with Crippen molar-refractivity contribution in [3.63, 3.8) is 0 Å². The van der Waals surface area contributed by atoms with Crippen molar-refractivity contribution < 1.29 is 4.74 Å². The zero-order valence-electron chi connectivity index (χ0n) is 8.62. The highest BCUT2D eigenvalue weighted by Crippen LogP contribution is 2.31. The van der Waals surface area contributed by atoms with E-state index in [0.29, 0.717) is 6.04 Å². The van der Waals surface area contributed by atoms with Gasteiger partial charge >= 0.3 is 0 Å². The predicted octanol–water partition coefficient (Wildman–Crippen LogP) is 3.97. The number of rotatable bonds is 1. The summed E-state index contributed by atoms with van der Waals surface area (Å²) in [5.74, 6) is 0. The Hall–Kier alpha value is -0.0700. The highest BCUT2D eigenvalue weighted by atomic mass is 127. The van der Waals surface area contributed by atoms with Gasteiger partial charge in [0.2, 0.25) is 0 Å². The van der Waals surface area contributed by atoms with Gasteiger partial charge in [-0.15, -0.1) is 0 Å². The summed E-state index contributed by atoms with van der Waals surface area (Å²) in [5, 5.41) is 1.32. The number of nitrogens with zero attached hydrogens (tertiary/aromatic N) is 1. The van der Waals surface area contributed by atoms with Gasteiger partial charge in [-0.05, 0) is 47.2 Å². The van der Waals surface area contributed by atoms with Gasteiger partial charge in [0.1, 0.15) is 0 Å². The molecule has 0 amide bonds. The monoisotopic (exact) mass is 391 g/mol. The van der Waals surface area contributed by atoms with Gasteiger partial charge < -0.3 is 9.30 Å². The maximum absolute atomic E-state index is 5.46. The van der Waals surface area contributed by atoms with Crippen molar-refractivity contribution in [1.29, 1.82) is 0 Å². The van der Waals surface area contributed by atoms with Gasteiger partial charge in [0.15, 0.2) is 0 Å². The van der Waals surface area contributed by atoms with Crippen LogP contribution in [0, 0.1) is 3.57 Å². The standard InChI is InChI=1S/C12H11BrINO/c13-8-1-2-12-10(5-8)11(14)6-15(12)9-3-4-16-7-9/h1-2,5-6,9H,3-4,7H2. The Labute approximate surface area is 116 Å². The highest BCUT2D eigenvalue weighted by Gasteiger charge is 2.20. The van der Waals surface area contributed by atoms with Crippen molar-refractivity contribution in [2.75, 3.05) is 13.2 Å². The lowest BCUT2D eigenvalue weighted by Crippen LogP contribution is -2.06. The Balaban J connectivity index is 2.18. The molecule has 0 aliphatic carbocycles. The summed E-state index contributed by atoms with van der Waals surface area (Å²) in [4.78, 5) is 0. The number of benzene rings is 1. The van der Waals surface area contributed by atoms with E-state index in [9.17, 15) is 0 Å². The molecule has 1 aromatic heterocycles. The lowest BCUT2D eigenvalue weighted by molar-refractivity contribution is 0.187. The Morgan fingerprint density at radius 3 is 3.06 bits per heavy atom. The first-order valence-electron chi connectivity index (χ1n) is 5.29. The number of hydrogen-bond acceptors (Lipinski definition) is 1. The average Bonchev–Trinajstić information content (AvgIpc) is 2.87. The minimum absolute atomic E-state index is 0.507. The van der Waals surface area contributed by atoms with E-state index in [1.54, 1.807) is 0 Å². The highest BCUT2D eigenvalue weighted by molar-refractivity contribution is 14.1. The van der Waals surface area contributed by atoms with Crippen LogP contribution < -0.4 is 0 Å². The largest absolute Gasteiger partial charge is 0.379 e. The second-order valence-electron chi connectivity index (χ2n) is 4.06. The Bertz CT molecular complexity index is 531. The lowest BCUT2D eigenvalue weighted by Gasteiger charge is -2.11. The Kier molecular flexibility index (Phi) is 2.97. The molecule has 2 heterocycles. The molecule has 2 nitrogen and oxygen atoms in total. The summed E-state index contributed by atoms with van der Waals surface area (Å²) >= 11 is 5.92. The smallest absolute Gasteiger partial charge is 0.0674 e. The fourth-order valence-corrected chi connectivity index (χ4v) is 3.32. The molecule has 0 radical (unpaired) electrons. The predicted molar refractivity (Wildman–Crippen MR) is 76.8 cm³/mol. The van der Waals surface area contributed by atoms with E-state index in [1.807, 2.05) is 0 Å². The molecule has 1 atom stereocenters. The topological polar surface area (TPSA) is 14.2 Å². The third-order valence-corrected chi connectivity index (χ3v) is 4.40. The molecular weight excluding hydrogens is 381 g/mol. The molecule has 0 N–H and O–H groups in total. The maximum Gasteiger partial charge on any atom is 0.0674 e. The molecule has 84 valence electrons. The first-order valence-corrected chi connectivity index (χ1v) is 7.16. The molecule has 0 saturated carbocycles. The number of ether oxygens (including phenoxy) is 1. The van der Waals surface area contributed by atoms with Crippen LogP contribution in [0.5, 0.6) is 0 Å². The molecule has 1 saturated heterocycles. The van der Waals surface area contributed by atoms with Gasteiger partial charge in [0, 0.05) is 31.7 Å². The van der Waals surface area contributed by atoms with E-state index in [-0.39, 0.29) is 0 Å². The Morgan fingerprint density at radius 1 is 1.44 bits per heavy atom. The maximum atomic E-state index is 5.46. The molecule has 0 bridgehead atoms. The summed E-state index contributed by atoms with van der Waals surface area (Å²) in [6.07, 6.45) is 3.35. The molecule has 0 spiro atoms. The van der Waals surface area contributed by atoms with Crippen LogP contribution in [0.25, 0.3) is 10.9 Å². The van der Waals surface area contributed by atoms with E-state index >= 15 is 0 Å². The zero-order chi connectivity index (χ0) is 11.1. The summed E-state index contributed by atoms with van der Waals surface area (Å²) < 4.78 is 10.3. The number of aromatic nitrogens is 1. The van der Waals surface area contributed by atoms with Crippen LogP contribution >= 0.6 is 38.5 Å². The van der Waals surface area contributed by atoms with Crippen LogP contribution in [0.15, 0.2) is 28.9 Å². The van der Waals surface area contributed by atoms with E-state index in [4.69, 9.17) is 4.74 Å². The molecule has 2 aromatic rings. The molecule has 4 heteroatoms. The van der Waals surface area contributed by atoms with Gasteiger partial charge in [0.05, 0.1) is 12.6 Å². The molecule has 1 unspecified atom stereocenters. The minimum atomic E-state index is 0.507. The molecule has 1 aromatic carbocycles. The first-order chi connectivity index (χ1) is 7.75. The van der Waals surface area contributed by atoms with E-state index < -0.39 is 0 Å². The van der Waals surface area contributed by atoms with E-state index in [2.05, 4.69) is 67.5 Å². The fraction of sp³-hybridized carbons (Fsp3) is 0.333. The van der Waals surface area contributed by atoms with Crippen molar-refractivity contribution >= 4 is 49.4 Å². The minimum Gasteiger partial charge on any atom is -0.379 e. The number of hydrogen-bond donors (Lipinski definition) is 0. The average molecular weight is 392 g/mol. The van der Waals surface area contributed by atoms with Crippen molar-refractivity contribution in [2.24, 2.45) is 0 Å². The van der Waals surface area contributed by atoms with Crippen molar-refractivity contribution in [3.05, 3.63) is 32.4 Å². The second-order valence-corrected chi connectivity index (χ2v) is 6.14. The van der Waals surface area contributed by atoms with Crippen LogP contribution in [0.2, 0.25) is 0 Å². The first kappa shape index (κ1) is 11.0. The van der Waals surface area contributed by atoms with Gasteiger partial charge in [0.25, 0.3) is 0 Å². The SMILES string of the molecule is Brc1ccc2c(c1)c(I)cn2C1CCOC1. The third kappa shape index (κ3) is 1.80.